The van der Waals surface area contributed by atoms with Gasteiger partial charge in [-0.05, 0) is 43.7 Å². The van der Waals surface area contributed by atoms with Gasteiger partial charge in [-0.2, -0.15) is 0 Å². The van der Waals surface area contributed by atoms with Crippen molar-refractivity contribution in [1.29, 1.82) is 0 Å². The summed E-state index contributed by atoms with van der Waals surface area (Å²) in [6.45, 7) is 4.34. The number of Topliss-reactive ketones (excluding diaryl/α,β-unsaturated/α-hetero) is 1. The lowest BCUT2D eigenvalue weighted by atomic mass is 9.95. The first kappa shape index (κ1) is 20.4. The van der Waals surface area contributed by atoms with Gasteiger partial charge in [-0.3, -0.25) is 14.5 Å². The molecule has 4 rings (SSSR count). The molecule has 1 unspecified atom stereocenters. The highest BCUT2D eigenvalue weighted by Gasteiger charge is 2.47. The van der Waals surface area contributed by atoms with Crippen molar-refractivity contribution < 1.29 is 19.4 Å². The molecular formula is C26H23NO4. The Labute approximate surface area is 181 Å². The standard InChI is InChI=1S/C26H23NO4/c1-3-31-21-11-7-10-19(16-21)23-22(24(28)18-8-5-4-6-9-18)25(29)26(30)27(23)20-14-12-17(2)13-15-20/h4-16,23,28H,3H2,1-2H3/b24-22-. The molecule has 156 valence electrons. The zero-order valence-corrected chi connectivity index (χ0v) is 17.4. The highest BCUT2D eigenvalue weighted by molar-refractivity contribution is 6.51. The Hall–Kier alpha value is -3.86. The quantitative estimate of drug-likeness (QED) is 0.362. The molecule has 31 heavy (non-hydrogen) atoms. The van der Waals surface area contributed by atoms with Crippen molar-refractivity contribution >= 4 is 23.1 Å². The third-order valence-electron chi connectivity index (χ3n) is 5.29. The molecule has 3 aromatic rings. The Kier molecular flexibility index (Phi) is 5.58. The van der Waals surface area contributed by atoms with Crippen LogP contribution < -0.4 is 9.64 Å². The molecule has 1 N–H and O–H groups in total. The van der Waals surface area contributed by atoms with Crippen LogP contribution in [0, 0.1) is 6.92 Å². The molecule has 0 bridgehead atoms. The molecule has 0 aliphatic carbocycles. The fourth-order valence-corrected chi connectivity index (χ4v) is 3.81. The lowest BCUT2D eigenvalue weighted by molar-refractivity contribution is -0.132. The highest BCUT2D eigenvalue weighted by atomic mass is 16.5. The molecule has 1 saturated heterocycles. The van der Waals surface area contributed by atoms with E-state index in [2.05, 4.69) is 0 Å². The van der Waals surface area contributed by atoms with Crippen LogP contribution in [0.2, 0.25) is 0 Å². The SMILES string of the molecule is CCOc1cccc(C2/C(=C(/O)c3ccccc3)C(=O)C(=O)N2c2ccc(C)cc2)c1. The normalized spacial score (nSPS) is 17.7. The number of amides is 1. The molecule has 0 aromatic heterocycles. The van der Waals surface area contributed by atoms with E-state index >= 15 is 0 Å². The maximum Gasteiger partial charge on any atom is 0.300 e. The van der Waals surface area contributed by atoms with Gasteiger partial charge in [0.2, 0.25) is 0 Å². The number of ether oxygens (including phenoxy) is 1. The average Bonchev–Trinajstić information content (AvgIpc) is 3.05. The van der Waals surface area contributed by atoms with Crippen molar-refractivity contribution in [3.8, 4) is 5.75 Å². The molecule has 0 spiro atoms. The number of anilines is 1. The molecule has 1 atom stereocenters. The molecular weight excluding hydrogens is 390 g/mol. The molecule has 1 fully saturated rings. The topological polar surface area (TPSA) is 66.8 Å². The number of aliphatic hydroxyl groups is 1. The van der Waals surface area contributed by atoms with Gasteiger partial charge in [-0.1, -0.05) is 60.2 Å². The first-order valence-corrected chi connectivity index (χ1v) is 10.2. The lowest BCUT2D eigenvalue weighted by Crippen LogP contribution is -2.29. The van der Waals surface area contributed by atoms with Gasteiger partial charge in [-0.15, -0.1) is 0 Å². The van der Waals surface area contributed by atoms with E-state index in [-0.39, 0.29) is 11.3 Å². The van der Waals surface area contributed by atoms with E-state index in [1.54, 1.807) is 30.3 Å². The van der Waals surface area contributed by atoms with Gasteiger partial charge in [0.1, 0.15) is 11.5 Å². The van der Waals surface area contributed by atoms with Crippen molar-refractivity contribution in [2.24, 2.45) is 0 Å². The minimum Gasteiger partial charge on any atom is -0.507 e. The van der Waals surface area contributed by atoms with Crippen molar-refractivity contribution in [2.45, 2.75) is 19.9 Å². The Balaban J connectivity index is 1.93. The van der Waals surface area contributed by atoms with Gasteiger partial charge in [0.15, 0.2) is 0 Å². The number of hydrogen-bond acceptors (Lipinski definition) is 4. The number of carbonyl (C=O) groups excluding carboxylic acids is 2. The molecule has 1 aliphatic rings. The zero-order valence-electron chi connectivity index (χ0n) is 17.4. The molecule has 1 amide bonds. The second kappa shape index (κ2) is 8.48. The summed E-state index contributed by atoms with van der Waals surface area (Å²) in [5.41, 5.74) is 2.86. The van der Waals surface area contributed by atoms with Crippen LogP contribution in [0.1, 0.15) is 29.7 Å². The van der Waals surface area contributed by atoms with Crippen molar-refractivity contribution in [3.63, 3.8) is 0 Å². The van der Waals surface area contributed by atoms with Gasteiger partial charge in [0, 0.05) is 11.3 Å². The van der Waals surface area contributed by atoms with E-state index < -0.39 is 17.7 Å². The minimum absolute atomic E-state index is 0.0606. The van der Waals surface area contributed by atoms with Crippen molar-refractivity contribution in [1.82, 2.24) is 0 Å². The van der Waals surface area contributed by atoms with Crippen LogP contribution >= 0.6 is 0 Å². The maximum absolute atomic E-state index is 13.1. The van der Waals surface area contributed by atoms with Crippen LogP contribution in [0.25, 0.3) is 5.76 Å². The zero-order chi connectivity index (χ0) is 22.0. The summed E-state index contributed by atoms with van der Waals surface area (Å²) in [6.07, 6.45) is 0. The Morgan fingerprint density at radius 3 is 2.35 bits per heavy atom. The van der Waals surface area contributed by atoms with Crippen LogP contribution in [0.3, 0.4) is 0 Å². The molecule has 0 saturated carbocycles. The van der Waals surface area contributed by atoms with E-state index in [0.29, 0.717) is 29.2 Å². The monoisotopic (exact) mass is 413 g/mol. The summed E-state index contributed by atoms with van der Waals surface area (Å²) in [6, 6.07) is 22.7. The van der Waals surface area contributed by atoms with Crippen molar-refractivity contribution in [3.05, 3.63) is 101 Å². The van der Waals surface area contributed by atoms with Crippen LogP contribution in [0.15, 0.2) is 84.4 Å². The average molecular weight is 413 g/mol. The van der Waals surface area contributed by atoms with E-state index in [1.807, 2.05) is 62.4 Å². The van der Waals surface area contributed by atoms with Crippen LogP contribution in [-0.2, 0) is 9.59 Å². The number of hydrogen-bond donors (Lipinski definition) is 1. The fourth-order valence-electron chi connectivity index (χ4n) is 3.81. The Morgan fingerprint density at radius 1 is 0.968 bits per heavy atom. The Bertz CT molecular complexity index is 1150. The lowest BCUT2D eigenvalue weighted by Gasteiger charge is -2.26. The van der Waals surface area contributed by atoms with Gasteiger partial charge < -0.3 is 9.84 Å². The number of aliphatic hydroxyl groups excluding tert-OH is 1. The van der Waals surface area contributed by atoms with Gasteiger partial charge in [0.05, 0.1) is 18.2 Å². The molecule has 0 radical (unpaired) electrons. The van der Waals surface area contributed by atoms with E-state index in [0.717, 1.165) is 5.56 Å². The van der Waals surface area contributed by atoms with Crippen LogP contribution in [-0.4, -0.2) is 23.4 Å². The third-order valence-corrected chi connectivity index (χ3v) is 5.29. The second-order valence-corrected chi connectivity index (χ2v) is 7.38. The number of ketones is 1. The Morgan fingerprint density at radius 2 is 1.68 bits per heavy atom. The summed E-state index contributed by atoms with van der Waals surface area (Å²) in [7, 11) is 0. The number of rotatable bonds is 5. The fraction of sp³-hybridized carbons (Fsp3) is 0.154. The van der Waals surface area contributed by atoms with Gasteiger partial charge >= 0.3 is 0 Å². The summed E-state index contributed by atoms with van der Waals surface area (Å²) in [4.78, 5) is 27.7. The number of carbonyl (C=O) groups is 2. The minimum atomic E-state index is -0.775. The summed E-state index contributed by atoms with van der Waals surface area (Å²) in [5.74, 6) is -0.948. The second-order valence-electron chi connectivity index (χ2n) is 7.38. The summed E-state index contributed by atoms with van der Waals surface area (Å²) in [5, 5.41) is 11.1. The molecule has 3 aromatic carbocycles. The number of benzene rings is 3. The molecule has 5 nitrogen and oxygen atoms in total. The molecule has 1 aliphatic heterocycles. The molecule has 1 heterocycles. The third kappa shape index (κ3) is 3.82. The number of aryl methyl sites for hydroxylation is 1. The van der Waals surface area contributed by atoms with Crippen LogP contribution in [0.4, 0.5) is 5.69 Å². The predicted molar refractivity (Wildman–Crippen MR) is 120 cm³/mol. The predicted octanol–water partition coefficient (Wildman–Crippen LogP) is 5.02. The first-order chi connectivity index (χ1) is 15.0. The highest BCUT2D eigenvalue weighted by Crippen LogP contribution is 2.42. The first-order valence-electron chi connectivity index (χ1n) is 10.2. The van der Waals surface area contributed by atoms with Gasteiger partial charge in [-0.25, -0.2) is 0 Å². The summed E-state index contributed by atoms with van der Waals surface area (Å²) >= 11 is 0. The van der Waals surface area contributed by atoms with Crippen molar-refractivity contribution in [2.75, 3.05) is 11.5 Å². The smallest absolute Gasteiger partial charge is 0.300 e. The van der Waals surface area contributed by atoms with E-state index in [4.69, 9.17) is 4.74 Å². The van der Waals surface area contributed by atoms with E-state index in [1.165, 1.54) is 4.90 Å². The largest absolute Gasteiger partial charge is 0.507 e. The van der Waals surface area contributed by atoms with Gasteiger partial charge in [0.25, 0.3) is 11.7 Å². The molecule has 5 heteroatoms. The summed E-state index contributed by atoms with van der Waals surface area (Å²) < 4.78 is 5.63. The van der Waals surface area contributed by atoms with Crippen LogP contribution in [0.5, 0.6) is 5.75 Å². The number of nitrogens with zero attached hydrogens (tertiary/aromatic N) is 1. The van der Waals surface area contributed by atoms with E-state index in [9.17, 15) is 14.7 Å². The maximum atomic E-state index is 13.1.